The van der Waals surface area contributed by atoms with Crippen molar-refractivity contribution in [2.45, 2.75) is 36.7 Å². The van der Waals surface area contributed by atoms with E-state index in [4.69, 9.17) is 9.47 Å². The molecule has 7 heteroatoms. The van der Waals surface area contributed by atoms with Crippen LogP contribution in [0.15, 0.2) is 24.3 Å². The lowest BCUT2D eigenvalue weighted by atomic mass is 9.74. The first-order valence-electron chi connectivity index (χ1n) is 8.98. The van der Waals surface area contributed by atoms with E-state index in [1.54, 1.807) is 7.11 Å². The van der Waals surface area contributed by atoms with Crippen molar-refractivity contribution in [3.63, 3.8) is 0 Å². The van der Waals surface area contributed by atoms with Crippen molar-refractivity contribution >= 4 is 18.3 Å². The molecule has 1 amide bonds. The third kappa shape index (κ3) is 4.36. The molecule has 146 valence electrons. The molecule has 0 radical (unpaired) electrons. The number of halogens is 2. The monoisotopic (exact) mass is 386 g/mol. The summed E-state index contributed by atoms with van der Waals surface area (Å²) in [6, 6.07) is 6.61. The summed E-state index contributed by atoms with van der Waals surface area (Å²) in [4.78, 5) is 12.9. The predicted molar refractivity (Wildman–Crippen MR) is 100 cm³/mol. The van der Waals surface area contributed by atoms with Crippen molar-refractivity contribution in [1.82, 2.24) is 10.6 Å². The Hall–Kier alpha value is -1.21. The lowest BCUT2D eigenvalue weighted by Gasteiger charge is -2.40. The van der Waals surface area contributed by atoms with Crippen molar-refractivity contribution in [3.8, 4) is 0 Å². The number of piperidine rings is 1. The topological polar surface area (TPSA) is 59.6 Å². The average molecular weight is 387 g/mol. The van der Waals surface area contributed by atoms with Gasteiger partial charge in [-0.25, -0.2) is 4.39 Å². The van der Waals surface area contributed by atoms with Crippen molar-refractivity contribution in [3.05, 3.63) is 35.6 Å². The van der Waals surface area contributed by atoms with Crippen LogP contribution in [-0.4, -0.2) is 51.5 Å². The third-order valence-electron chi connectivity index (χ3n) is 5.71. The molecular formula is C19H28ClFN2O3. The van der Waals surface area contributed by atoms with Crippen LogP contribution in [0.4, 0.5) is 4.39 Å². The second-order valence-corrected chi connectivity index (χ2v) is 7.03. The molecule has 2 heterocycles. The highest BCUT2D eigenvalue weighted by Crippen LogP contribution is 2.35. The van der Waals surface area contributed by atoms with E-state index in [0.29, 0.717) is 32.6 Å². The van der Waals surface area contributed by atoms with Gasteiger partial charge in [-0.3, -0.25) is 4.79 Å². The van der Waals surface area contributed by atoms with Crippen LogP contribution in [0.5, 0.6) is 0 Å². The number of ether oxygens (including phenoxy) is 2. The van der Waals surface area contributed by atoms with E-state index in [-0.39, 0.29) is 29.5 Å². The maximum Gasteiger partial charge on any atom is 0.252 e. The van der Waals surface area contributed by atoms with Gasteiger partial charge in [-0.05, 0) is 56.5 Å². The Kier molecular flexibility index (Phi) is 7.41. The summed E-state index contributed by atoms with van der Waals surface area (Å²) in [6.07, 6.45) is 2.95. The zero-order valence-electron chi connectivity index (χ0n) is 15.2. The van der Waals surface area contributed by atoms with Gasteiger partial charge in [-0.2, -0.15) is 0 Å². The van der Waals surface area contributed by atoms with Gasteiger partial charge >= 0.3 is 0 Å². The summed E-state index contributed by atoms with van der Waals surface area (Å²) in [5.74, 6) is -0.299. The molecule has 0 atom stereocenters. The second kappa shape index (κ2) is 9.13. The number of methoxy groups -OCH3 is 1. The van der Waals surface area contributed by atoms with Crippen LogP contribution < -0.4 is 10.6 Å². The molecule has 0 bridgehead atoms. The lowest BCUT2D eigenvalue weighted by Crippen LogP contribution is -2.56. The Labute approximate surface area is 160 Å². The summed E-state index contributed by atoms with van der Waals surface area (Å²) in [5.41, 5.74) is 0.0819. The molecule has 2 N–H and O–H groups in total. The average Bonchev–Trinajstić information content (AvgIpc) is 2.68. The molecule has 26 heavy (non-hydrogen) atoms. The van der Waals surface area contributed by atoms with E-state index in [2.05, 4.69) is 10.6 Å². The number of rotatable bonds is 5. The maximum atomic E-state index is 13.3. The van der Waals surface area contributed by atoms with Crippen molar-refractivity contribution < 1.29 is 18.7 Å². The zero-order valence-corrected chi connectivity index (χ0v) is 16.0. The number of nitrogens with one attached hydrogen (secondary N) is 2. The molecule has 3 rings (SSSR count). The first-order valence-corrected chi connectivity index (χ1v) is 8.98. The van der Waals surface area contributed by atoms with E-state index < -0.39 is 5.60 Å². The summed E-state index contributed by atoms with van der Waals surface area (Å²) < 4.78 is 24.4. The smallest absolute Gasteiger partial charge is 0.252 e. The zero-order chi connectivity index (χ0) is 17.8. The molecule has 0 aliphatic carbocycles. The Balaban J connectivity index is 0.00000243. The van der Waals surface area contributed by atoms with Crippen molar-refractivity contribution in [2.24, 2.45) is 0 Å². The highest BCUT2D eigenvalue weighted by Gasteiger charge is 2.42. The van der Waals surface area contributed by atoms with Gasteiger partial charge in [-0.1, -0.05) is 12.1 Å². The fourth-order valence-corrected chi connectivity index (χ4v) is 3.90. The third-order valence-corrected chi connectivity index (χ3v) is 5.71. The van der Waals surface area contributed by atoms with Crippen molar-refractivity contribution in [1.29, 1.82) is 0 Å². The highest BCUT2D eigenvalue weighted by atomic mass is 35.5. The van der Waals surface area contributed by atoms with Crippen LogP contribution in [0.1, 0.15) is 31.2 Å². The number of hydrogen-bond donors (Lipinski definition) is 2. The van der Waals surface area contributed by atoms with Gasteiger partial charge in [0.15, 0.2) is 0 Å². The largest absolute Gasteiger partial charge is 0.381 e. The molecule has 1 aromatic rings. The number of hydrogen-bond acceptors (Lipinski definition) is 4. The first-order chi connectivity index (χ1) is 12.1. The summed E-state index contributed by atoms with van der Waals surface area (Å²) in [6.45, 7) is 3.36. The second-order valence-electron chi connectivity index (χ2n) is 7.03. The molecule has 2 saturated heterocycles. The summed E-state index contributed by atoms with van der Waals surface area (Å²) in [5, 5.41) is 6.39. The van der Waals surface area contributed by atoms with Crippen LogP contribution in [0.25, 0.3) is 0 Å². The van der Waals surface area contributed by atoms with Gasteiger partial charge in [0.05, 0.1) is 0 Å². The lowest BCUT2D eigenvalue weighted by molar-refractivity contribution is -0.147. The minimum Gasteiger partial charge on any atom is -0.381 e. The Morgan fingerprint density at radius 3 is 2.38 bits per heavy atom. The first kappa shape index (κ1) is 21.1. The van der Waals surface area contributed by atoms with Gasteiger partial charge in [0, 0.05) is 32.3 Å². The fraction of sp³-hybridized carbons (Fsp3) is 0.632. The highest BCUT2D eigenvalue weighted by molar-refractivity contribution is 5.85. The van der Waals surface area contributed by atoms with Gasteiger partial charge in [0.2, 0.25) is 0 Å². The Morgan fingerprint density at radius 2 is 1.81 bits per heavy atom. The van der Waals surface area contributed by atoms with Crippen LogP contribution in [0, 0.1) is 5.82 Å². The molecule has 5 nitrogen and oxygen atoms in total. The minimum absolute atomic E-state index is 0. The number of carbonyl (C=O) groups is 1. The maximum absolute atomic E-state index is 13.3. The molecule has 2 aliphatic heterocycles. The minimum atomic E-state index is -0.750. The van der Waals surface area contributed by atoms with E-state index in [9.17, 15) is 9.18 Å². The Bertz CT molecular complexity index is 585. The van der Waals surface area contributed by atoms with Gasteiger partial charge in [0.1, 0.15) is 11.4 Å². The molecular weight excluding hydrogens is 359 g/mol. The Morgan fingerprint density at radius 1 is 1.19 bits per heavy atom. The number of benzene rings is 1. The predicted octanol–water partition coefficient (Wildman–Crippen LogP) is 2.18. The van der Waals surface area contributed by atoms with Crippen LogP contribution >= 0.6 is 12.4 Å². The summed E-state index contributed by atoms with van der Waals surface area (Å²) >= 11 is 0. The van der Waals surface area contributed by atoms with Crippen LogP contribution in [0.3, 0.4) is 0 Å². The quantitative estimate of drug-likeness (QED) is 0.814. The molecule has 1 aromatic carbocycles. The molecule has 2 fully saturated rings. The normalized spacial score (nSPS) is 21.5. The van der Waals surface area contributed by atoms with E-state index in [1.165, 1.54) is 12.1 Å². The van der Waals surface area contributed by atoms with Gasteiger partial charge in [-0.15, -0.1) is 12.4 Å². The molecule has 0 saturated carbocycles. The number of amides is 1. The molecule has 0 aromatic heterocycles. The molecule has 0 spiro atoms. The standard InChI is InChI=1S/C19H27FN2O3.ClH/c1-24-19(6-10-21-11-7-19)17(23)22-14-18(8-12-25-13-9-18)15-2-4-16(20)5-3-15;/h2-5,21H,6-14H2,1H3,(H,22,23);1H. The SMILES string of the molecule is COC1(C(=O)NCC2(c3ccc(F)cc3)CCOCC2)CCNCC1.Cl. The van der Waals surface area contributed by atoms with Crippen molar-refractivity contribution in [2.75, 3.05) is 40.0 Å². The van der Waals surface area contributed by atoms with E-state index in [1.807, 2.05) is 12.1 Å². The van der Waals surface area contributed by atoms with E-state index in [0.717, 1.165) is 31.5 Å². The fourth-order valence-electron chi connectivity index (χ4n) is 3.90. The molecule has 0 unspecified atom stereocenters. The van der Waals surface area contributed by atoms with Gasteiger partial charge in [0.25, 0.3) is 5.91 Å². The van der Waals surface area contributed by atoms with Crippen LogP contribution in [0.2, 0.25) is 0 Å². The number of carbonyl (C=O) groups excluding carboxylic acids is 1. The van der Waals surface area contributed by atoms with Crippen LogP contribution in [-0.2, 0) is 19.7 Å². The van der Waals surface area contributed by atoms with E-state index >= 15 is 0 Å². The summed E-state index contributed by atoms with van der Waals surface area (Å²) in [7, 11) is 1.61. The van der Waals surface area contributed by atoms with Gasteiger partial charge < -0.3 is 20.1 Å². The molecule has 2 aliphatic rings.